The Kier molecular flexibility index (Phi) is 5.91. The Morgan fingerprint density at radius 1 is 1.41 bits per heavy atom. The van der Waals surface area contributed by atoms with Gasteiger partial charge in [-0.15, -0.1) is 12.4 Å². The first-order chi connectivity index (χ1) is 7.25. The molecule has 0 aromatic carbocycles. The van der Waals surface area contributed by atoms with Gasteiger partial charge in [0.25, 0.3) is 0 Å². The number of amides is 1. The molecule has 0 aromatic heterocycles. The van der Waals surface area contributed by atoms with Gasteiger partial charge < -0.3 is 16.2 Å². The Morgan fingerprint density at radius 3 is 2.29 bits per heavy atom. The molecule has 102 valence electrons. The summed E-state index contributed by atoms with van der Waals surface area (Å²) in [5, 5.41) is 12.8. The molecule has 4 N–H and O–H groups in total. The SMILES string of the molecule is CC(C)(C)[C@H](N)C(=O)NCC1(O)CCCC1.Cl. The fourth-order valence-corrected chi connectivity index (χ4v) is 1.96. The van der Waals surface area contributed by atoms with Crippen LogP contribution in [0.4, 0.5) is 0 Å². The monoisotopic (exact) mass is 264 g/mol. The number of nitrogens with one attached hydrogen (secondary N) is 1. The summed E-state index contributed by atoms with van der Waals surface area (Å²) in [7, 11) is 0. The third-order valence-corrected chi connectivity index (χ3v) is 3.34. The van der Waals surface area contributed by atoms with Crippen molar-refractivity contribution in [3.63, 3.8) is 0 Å². The number of rotatable bonds is 3. The summed E-state index contributed by atoms with van der Waals surface area (Å²) in [6.07, 6.45) is 3.63. The van der Waals surface area contributed by atoms with E-state index in [0.29, 0.717) is 6.54 Å². The van der Waals surface area contributed by atoms with Gasteiger partial charge in [0.2, 0.25) is 5.91 Å². The largest absolute Gasteiger partial charge is 0.388 e. The van der Waals surface area contributed by atoms with Crippen molar-refractivity contribution >= 4 is 18.3 Å². The molecule has 0 saturated heterocycles. The lowest BCUT2D eigenvalue weighted by Crippen LogP contribution is -2.52. The Hall–Kier alpha value is -0.320. The second kappa shape index (κ2) is 6.03. The number of nitrogens with two attached hydrogens (primary N) is 1. The van der Waals surface area contributed by atoms with Crippen molar-refractivity contribution in [1.82, 2.24) is 5.32 Å². The summed E-state index contributed by atoms with van der Waals surface area (Å²) < 4.78 is 0. The highest BCUT2D eigenvalue weighted by molar-refractivity contribution is 5.85. The van der Waals surface area contributed by atoms with Gasteiger partial charge in [-0.1, -0.05) is 33.6 Å². The van der Waals surface area contributed by atoms with E-state index in [1.807, 2.05) is 20.8 Å². The molecule has 0 radical (unpaired) electrons. The molecule has 0 bridgehead atoms. The van der Waals surface area contributed by atoms with Crippen molar-refractivity contribution in [2.45, 2.75) is 58.1 Å². The van der Waals surface area contributed by atoms with Gasteiger partial charge in [0.15, 0.2) is 0 Å². The minimum absolute atomic E-state index is 0. The number of hydrogen-bond acceptors (Lipinski definition) is 3. The van der Waals surface area contributed by atoms with Gasteiger partial charge in [-0.05, 0) is 18.3 Å². The molecule has 0 aliphatic heterocycles. The van der Waals surface area contributed by atoms with Crippen LogP contribution in [0, 0.1) is 5.41 Å². The maximum atomic E-state index is 11.7. The molecule has 17 heavy (non-hydrogen) atoms. The standard InChI is InChI=1S/C12H24N2O2.ClH/c1-11(2,3)9(13)10(15)14-8-12(16)6-4-5-7-12;/h9,16H,4-8,13H2,1-3H3,(H,14,15);1H/t9-;/m1./s1. The van der Waals surface area contributed by atoms with E-state index < -0.39 is 11.6 Å². The minimum atomic E-state index is -0.701. The van der Waals surface area contributed by atoms with Crippen LogP contribution in [-0.4, -0.2) is 29.2 Å². The first kappa shape index (κ1) is 16.7. The molecule has 1 amide bonds. The van der Waals surface area contributed by atoms with Crippen LogP contribution in [0.3, 0.4) is 0 Å². The molecule has 1 aliphatic rings. The van der Waals surface area contributed by atoms with E-state index in [-0.39, 0.29) is 23.7 Å². The number of hydrogen-bond donors (Lipinski definition) is 3. The third-order valence-electron chi connectivity index (χ3n) is 3.34. The molecule has 0 heterocycles. The van der Waals surface area contributed by atoms with Crippen molar-refractivity contribution in [3.8, 4) is 0 Å². The summed E-state index contributed by atoms with van der Waals surface area (Å²) in [6.45, 7) is 6.13. The zero-order valence-corrected chi connectivity index (χ0v) is 11.8. The Morgan fingerprint density at radius 2 is 1.88 bits per heavy atom. The lowest BCUT2D eigenvalue weighted by Gasteiger charge is -2.28. The normalized spacial score (nSPS) is 20.5. The quantitative estimate of drug-likeness (QED) is 0.717. The van der Waals surface area contributed by atoms with Gasteiger partial charge in [0.05, 0.1) is 11.6 Å². The maximum Gasteiger partial charge on any atom is 0.237 e. The van der Waals surface area contributed by atoms with Gasteiger partial charge in [-0.25, -0.2) is 0 Å². The molecule has 0 aromatic rings. The predicted molar refractivity (Wildman–Crippen MR) is 71.1 cm³/mol. The second-order valence-electron chi connectivity index (χ2n) is 5.99. The summed E-state index contributed by atoms with van der Waals surface area (Å²) in [6, 6.07) is -0.530. The van der Waals surface area contributed by atoms with E-state index in [9.17, 15) is 9.90 Å². The topological polar surface area (TPSA) is 75.4 Å². The number of aliphatic hydroxyl groups is 1. The van der Waals surface area contributed by atoms with Crippen LogP contribution in [-0.2, 0) is 4.79 Å². The number of halogens is 1. The first-order valence-electron chi connectivity index (χ1n) is 6.00. The highest BCUT2D eigenvalue weighted by Crippen LogP contribution is 2.28. The molecule has 1 aliphatic carbocycles. The lowest BCUT2D eigenvalue weighted by atomic mass is 9.87. The maximum absolute atomic E-state index is 11.7. The number of carbonyl (C=O) groups is 1. The minimum Gasteiger partial charge on any atom is -0.388 e. The highest BCUT2D eigenvalue weighted by atomic mass is 35.5. The predicted octanol–water partition coefficient (Wildman–Crippen LogP) is 1.20. The Balaban J connectivity index is 0.00000256. The van der Waals surface area contributed by atoms with E-state index in [1.165, 1.54) is 0 Å². The van der Waals surface area contributed by atoms with Crippen molar-refractivity contribution in [2.24, 2.45) is 11.1 Å². The van der Waals surface area contributed by atoms with E-state index in [0.717, 1.165) is 25.7 Å². The van der Waals surface area contributed by atoms with Crippen LogP contribution in [0.1, 0.15) is 46.5 Å². The van der Waals surface area contributed by atoms with Crippen LogP contribution >= 0.6 is 12.4 Å². The Bertz CT molecular complexity index is 258. The molecule has 1 atom stereocenters. The van der Waals surface area contributed by atoms with E-state index in [4.69, 9.17) is 5.73 Å². The van der Waals surface area contributed by atoms with Crippen LogP contribution in [0.15, 0.2) is 0 Å². The van der Waals surface area contributed by atoms with E-state index in [2.05, 4.69) is 5.32 Å². The van der Waals surface area contributed by atoms with Crippen LogP contribution in [0.25, 0.3) is 0 Å². The molecule has 0 spiro atoms. The molecule has 5 heteroatoms. The summed E-state index contributed by atoms with van der Waals surface area (Å²) in [5.74, 6) is -0.173. The van der Waals surface area contributed by atoms with Gasteiger partial charge >= 0.3 is 0 Å². The molecular formula is C12H25ClN2O2. The van der Waals surface area contributed by atoms with Crippen LogP contribution < -0.4 is 11.1 Å². The van der Waals surface area contributed by atoms with Gasteiger partial charge in [-0.3, -0.25) is 4.79 Å². The third kappa shape index (κ3) is 4.82. The molecule has 4 nitrogen and oxygen atoms in total. The molecule has 1 rings (SSSR count). The summed E-state index contributed by atoms with van der Waals surface area (Å²) in [4.78, 5) is 11.7. The fourth-order valence-electron chi connectivity index (χ4n) is 1.96. The van der Waals surface area contributed by atoms with Crippen molar-refractivity contribution in [2.75, 3.05) is 6.54 Å². The van der Waals surface area contributed by atoms with Crippen molar-refractivity contribution < 1.29 is 9.90 Å². The second-order valence-corrected chi connectivity index (χ2v) is 5.99. The molecule has 1 saturated carbocycles. The van der Waals surface area contributed by atoms with E-state index >= 15 is 0 Å². The zero-order chi connectivity index (χ0) is 12.4. The summed E-state index contributed by atoms with van der Waals surface area (Å²) in [5.41, 5.74) is 4.88. The zero-order valence-electron chi connectivity index (χ0n) is 11.0. The Labute approximate surface area is 110 Å². The van der Waals surface area contributed by atoms with Crippen LogP contribution in [0.2, 0.25) is 0 Å². The highest BCUT2D eigenvalue weighted by Gasteiger charge is 2.33. The van der Waals surface area contributed by atoms with Crippen molar-refractivity contribution in [3.05, 3.63) is 0 Å². The van der Waals surface area contributed by atoms with E-state index in [1.54, 1.807) is 0 Å². The van der Waals surface area contributed by atoms with Crippen molar-refractivity contribution in [1.29, 1.82) is 0 Å². The van der Waals surface area contributed by atoms with Crippen LogP contribution in [0.5, 0.6) is 0 Å². The van der Waals surface area contributed by atoms with Gasteiger partial charge in [0, 0.05) is 6.54 Å². The van der Waals surface area contributed by atoms with Gasteiger partial charge in [-0.2, -0.15) is 0 Å². The molecule has 0 unspecified atom stereocenters. The van der Waals surface area contributed by atoms with Gasteiger partial charge in [0.1, 0.15) is 0 Å². The average molecular weight is 265 g/mol. The first-order valence-corrected chi connectivity index (χ1v) is 6.00. The molecular weight excluding hydrogens is 240 g/mol. The fraction of sp³-hybridized carbons (Fsp3) is 0.917. The number of carbonyl (C=O) groups excluding carboxylic acids is 1. The molecule has 1 fully saturated rings. The summed E-state index contributed by atoms with van der Waals surface area (Å²) >= 11 is 0. The smallest absolute Gasteiger partial charge is 0.237 e. The average Bonchev–Trinajstić information content (AvgIpc) is 2.60. The lowest BCUT2D eigenvalue weighted by molar-refractivity contribution is -0.125.